The van der Waals surface area contributed by atoms with Crippen molar-refractivity contribution in [2.45, 2.75) is 26.8 Å². The Balaban J connectivity index is 1.45. The van der Waals surface area contributed by atoms with E-state index in [1.807, 2.05) is 6.07 Å². The minimum atomic E-state index is -1.29. The molecule has 2 aliphatic rings. The number of aliphatic carboxylic acids is 1. The molecule has 4 heterocycles. The first kappa shape index (κ1) is 26.5. The summed E-state index contributed by atoms with van der Waals surface area (Å²) in [6.45, 7) is 0.497. The number of aromatic nitrogens is 3. The highest BCUT2D eigenvalue weighted by Crippen LogP contribution is 2.47. The summed E-state index contributed by atoms with van der Waals surface area (Å²) in [7, 11) is 0. The maximum atomic E-state index is 12.9. The van der Waals surface area contributed by atoms with Crippen LogP contribution in [0.25, 0.3) is 0 Å². The first-order valence-corrected chi connectivity index (χ1v) is 14.3. The van der Waals surface area contributed by atoms with Gasteiger partial charge >= 0.3 is 5.97 Å². The average molecular weight is 571 g/mol. The third kappa shape index (κ3) is 5.24. The molecule has 7 N–H and O–H groups in total. The molecule has 0 radical (unpaired) electrons. The third-order valence-corrected chi connectivity index (χ3v) is 10.0. The zero-order valence-corrected chi connectivity index (χ0v) is 21.8. The summed E-state index contributed by atoms with van der Waals surface area (Å²) in [6.07, 6.45) is 1.66. The number of hydrogen-bond donors (Lipinski definition) is 5. The smallest absolute Gasteiger partial charge is 0.322 e. The van der Waals surface area contributed by atoms with Gasteiger partial charge in [-0.1, -0.05) is 5.16 Å². The normalized spacial score (nSPS) is 23.6. The lowest BCUT2D eigenvalue weighted by molar-refractivity contribution is -0.151. The fourth-order valence-corrected chi connectivity index (χ4v) is 7.80. The number of β-lactam (4-membered cyclic amide) rings is 1. The number of pyridine rings is 1. The van der Waals surface area contributed by atoms with E-state index in [0.29, 0.717) is 12.3 Å². The van der Waals surface area contributed by atoms with E-state index in [1.165, 1.54) is 28.4 Å². The van der Waals surface area contributed by atoms with Gasteiger partial charge < -0.3 is 32.0 Å². The van der Waals surface area contributed by atoms with Crippen LogP contribution >= 0.6 is 46.8 Å². The van der Waals surface area contributed by atoms with Crippen molar-refractivity contribution in [3.8, 4) is 0 Å². The topological polar surface area (TPSA) is 210 Å². The van der Waals surface area contributed by atoms with Crippen molar-refractivity contribution in [3.63, 3.8) is 0 Å². The van der Waals surface area contributed by atoms with Gasteiger partial charge in [-0.2, -0.15) is 21.1 Å². The number of thioether (sulfide) groups is 3. The van der Waals surface area contributed by atoms with E-state index in [-0.39, 0.29) is 23.3 Å². The Kier molecular flexibility index (Phi) is 8.23. The molecule has 0 spiro atoms. The fraction of sp³-hybridized carbons (Fsp3) is 0.421. The van der Waals surface area contributed by atoms with Crippen LogP contribution < -0.4 is 16.8 Å². The average Bonchev–Trinajstić information content (AvgIpc) is 3.29. The highest BCUT2D eigenvalue weighted by atomic mass is 32.2. The number of amides is 2. The van der Waals surface area contributed by atoms with E-state index in [4.69, 9.17) is 11.5 Å². The number of rotatable bonds is 10. The Hall–Kier alpha value is -2.60. The molecule has 2 aliphatic heterocycles. The Bertz CT molecular complexity index is 1200. The maximum Gasteiger partial charge on any atom is 0.322 e. The number of nitrogens with two attached hydrogens (primary N) is 2. The zero-order chi connectivity index (χ0) is 25.9. The Morgan fingerprint density at radius 1 is 1.42 bits per heavy atom. The van der Waals surface area contributed by atoms with Crippen LogP contribution in [0.2, 0.25) is 0 Å². The lowest BCUT2D eigenvalue weighted by atomic mass is 10.0. The van der Waals surface area contributed by atoms with Crippen LogP contribution in [-0.2, 0) is 20.1 Å². The number of nitrogen functional groups attached to an aromatic ring is 1. The highest BCUT2D eigenvalue weighted by Gasteiger charge is 2.58. The summed E-state index contributed by atoms with van der Waals surface area (Å²) in [5, 5.41) is 24.5. The molecule has 17 heteroatoms. The molecule has 0 aliphatic carbocycles. The van der Waals surface area contributed by atoms with Crippen LogP contribution in [0.1, 0.15) is 11.5 Å². The zero-order valence-electron chi connectivity index (χ0n) is 18.6. The van der Waals surface area contributed by atoms with Gasteiger partial charge in [0.2, 0.25) is 17.4 Å². The predicted molar refractivity (Wildman–Crippen MR) is 138 cm³/mol. The number of anilines is 1. The van der Waals surface area contributed by atoms with E-state index < -0.39 is 39.7 Å². The second-order valence-corrected chi connectivity index (χ2v) is 12.1. The highest BCUT2D eigenvalue weighted by molar-refractivity contribution is 8.05. The number of fused-ring (bicyclic) bond motifs is 1. The number of carboxylic acids is 1. The SMILES string of the molecule is NCCSCc1ncccc1SC1(C(=O)O)CS[C@@H]2[C@H](NC(=O)/C(=N\O)c3nsc(N)n3)C(=O)N2C1. The number of carbonyl (C=O) groups excluding carboxylic acids is 2. The quantitative estimate of drug-likeness (QED) is 0.0831. The van der Waals surface area contributed by atoms with E-state index >= 15 is 0 Å². The fourth-order valence-electron chi connectivity index (χ4n) is 3.61. The molecule has 36 heavy (non-hydrogen) atoms. The molecule has 2 amide bonds. The molecular formula is C19H22N8O5S4. The monoisotopic (exact) mass is 570 g/mol. The van der Waals surface area contributed by atoms with Crippen molar-refractivity contribution in [3.05, 3.63) is 29.8 Å². The van der Waals surface area contributed by atoms with Crippen LogP contribution in [0, 0.1) is 0 Å². The van der Waals surface area contributed by atoms with Gasteiger partial charge in [0.1, 0.15) is 16.2 Å². The Morgan fingerprint density at radius 2 is 2.22 bits per heavy atom. The summed E-state index contributed by atoms with van der Waals surface area (Å²) in [4.78, 5) is 48.3. The molecule has 3 atom stereocenters. The van der Waals surface area contributed by atoms with Crippen LogP contribution in [0.3, 0.4) is 0 Å². The van der Waals surface area contributed by atoms with Crippen molar-refractivity contribution in [1.82, 2.24) is 24.6 Å². The van der Waals surface area contributed by atoms with Crippen LogP contribution in [0.4, 0.5) is 5.13 Å². The van der Waals surface area contributed by atoms with Crippen molar-refractivity contribution >= 4 is 75.4 Å². The molecular weight excluding hydrogens is 549 g/mol. The largest absolute Gasteiger partial charge is 0.480 e. The van der Waals surface area contributed by atoms with Crippen LogP contribution in [0.15, 0.2) is 28.4 Å². The first-order chi connectivity index (χ1) is 17.3. The van der Waals surface area contributed by atoms with E-state index in [0.717, 1.165) is 27.9 Å². The minimum absolute atomic E-state index is 0.0364. The van der Waals surface area contributed by atoms with Crippen molar-refractivity contribution in [1.29, 1.82) is 0 Å². The van der Waals surface area contributed by atoms with Gasteiger partial charge in [-0.15, -0.1) is 23.5 Å². The predicted octanol–water partition coefficient (Wildman–Crippen LogP) is -0.0989. The summed E-state index contributed by atoms with van der Waals surface area (Å²) in [5.74, 6) is -0.916. The van der Waals surface area contributed by atoms with Crippen LogP contribution in [0.5, 0.6) is 0 Å². The maximum absolute atomic E-state index is 12.9. The Morgan fingerprint density at radius 3 is 2.89 bits per heavy atom. The molecule has 2 fully saturated rings. The number of oxime groups is 1. The number of hydrogen-bond acceptors (Lipinski definition) is 14. The molecule has 192 valence electrons. The van der Waals surface area contributed by atoms with Crippen molar-refractivity contribution in [2.24, 2.45) is 10.9 Å². The van der Waals surface area contributed by atoms with Gasteiger partial charge in [-0.05, 0) is 12.1 Å². The van der Waals surface area contributed by atoms with Gasteiger partial charge in [0, 0.05) is 53.0 Å². The summed E-state index contributed by atoms with van der Waals surface area (Å²) in [5.41, 5.74) is 11.4. The minimum Gasteiger partial charge on any atom is -0.480 e. The van der Waals surface area contributed by atoms with Gasteiger partial charge in [-0.3, -0.25) is 19.4 Å². The third-order valence-electron chi connectivity index (χ3n) is 5.35. The van der Waals surface area contributed by atoms with E-state index in [1.54, 1.807) is 24.0 Å². The molecule has 2 saturated heterocycles. The molecule has 13 nitrogen and oxygen atoms in total. The Labute approximate surface area is 222 Å². The molecule has 0 aromatic carbocycles. The summed E-state index contributed by atoms with van der Waals surface area (Å²) >= 11 is 4.88. The van der Waals surface area contributed by atoms with Crippen molar-refractivity contribution in [2.75, 3.05) is 30.3 Å². The van der Waals surface area contributed by atoms with Gasteiger partial charge in [-0.25, -0.2) is 0 Å². The van der Waals surface area contributed by atoms with E-state index in [2.05, 4.69) is 24.8 Å². The number of carboxylic acid groups (broad SMARTS) is 1. The van der Waals surface area contributed by atoms with E-state index in [9.17, 15) is 24.7 Å². The first-order valence-electron chi connectivity index (χ1n) is 10.5. The number of carbonyl (C=O) groups is 3. The lowest BCUT2D eigenvalue weighted by Gasteiger charge is -2.53. The molecule has 2 aromatic heterocycles. The summed E-state index contributed by atoms with van der Waals surface area (Å²) < 4.78 is 2.55. The molecule has 2 aromatic rings. The second kappa shape index (κ2) is 11.2. The molecule has 0 saturated carbocycles. The summed E-state index contributed by atoms with van der Waals surface area (Å²) in [6, 6.07) is 2.67. The molecule has 4 rings (SSSR count). The van der Waals surface area contributed by atoms with Gasteiger partial charge in [0.25, 0.3) is 5.91 Å². The van der Waals surface area contributed by atoms with Crippen molar-refractivity contribution < 1.29 is 24.7 Å². The lowest BCUT2D eigenvalue weighted by Crippen LogP contribution is -2.74. The second-order valence-electron chi connectivity index (χ2n) is 7.71. The number of nitrogens with one attached hydrogen (secondary N) is 1. The molecule has 1 unspecified atom stereocenters. The van der Waals surface area contributed by atoms with Gasteiger partial charge in [0.05, 0.1) is 5.69 Å². The molecule has 0 bridgehead atoms. The standard InChI is InChI=1S/C19H22N8O5S4/c20-3-5-33-6-9-10(2-1-4-22-9)35-19(17(30)31)7-27-15(29)12(16(27)34-8-19)23-14(28)11(25-32)13-24-18(21)36-26-13/h1-2,4,12,16,32H,3,5-8,20H2,(H,23,28)(H,30,31)(H2,21,24,26)/b25-11-/t12-,16-,19?/m1/s1. The van der Waals surface area contributed by atoms with Crippen LogP contribution in [-0.4, -0.2) is 93.8 Å². The van der Waals surface area contributed by atoms with Gasteiger partial charge in [0.15, 0.2) is 5.13 Å². The number of nitrogens with zero attached hydrogens (tertiary/aromatic N) is 5.